The summed E-state index contributed by atoms with van der Waals surface area (Å²) in [6.07, 6.45) is 53.4. The molecule has 0 fully saturated rings. The molecule has 0 heterocycles. The van der Waals surface area contributed by atoms with Crippen molar-refractivity contribution >= 4 is 11.9 Å². The molecule has 0 saturated heterocycles. The first kappa shape index (κ1) is 56.1. The van der Waals surface area contributed by atoms with Gasteiger partial charge in [0, 0.05) is 6.42 Å². The largest absolute Gasteiger partial charge is 0.462 e. The van der Waals surface area contributed by atoms with Gasteiger partial charge in [0.15, 0.2) is 0 Å². The molecule has 0 aromatic carbocycles. The number of unbranched alkanes of at least 4 members (excludes halogenated alkanes) is 27. The van der Waals surface area contributed by atoms with E-state index in [-0.39, 0.29) is 24.9 Å². The molecule has 0 aliphatic rings. The van der Waals surface area contributed by atoms with E-state index in [1.165, 1.54) is 128 Å². The van der Waals surface area contributed by atoms with Crippen molar-refractivity contribution in [3.63, 3.8) is 0 Å². The van der Waals surface area contributed by atoms with Gasteiger partial charge in [-0.2, -0.15) is 0 Å². The summed E-state index contributed by atoms with van der Waals surface area (Å²) in [7, 11) is 0. The maximum atomic E-state index is 13.2. The van der Waals surface area contributed by atoms with Crippen LogP contribution in [0.25, 0.3) is 0 Å². The summed E-state index contributed by atoms with van der Waals surface area (Å²) in [5, 5.41) is 23.7. The maximum Gasteiger partial charge on any atom is 0.306 e. The molecular weight excluding hydrogens is 719 g/mol. The van der Waals surface area contributed by atoms with Crippen LogP contribution in [0.3, 0.4) is 0 Å². The molecule has 0 spiro atoms. The Hall–Kier alpha value is -1.92. The van der Waals surface area contributed by atoms with E-state index in [9.17, 15) is 19.8 Å². The number of hydrogen-bond acceptors (Lipinski definition) is 5. The summed E-state index contributed by atoms with van der Waals surface area (Å²) in [5.41, 5.74) is 0. The number of aliphatic hydroxyl groups is 2. The fourth-order valence-corrected chi connectivity index (χ4v) is 7.58. The summed E-state index contributed by atoms with van der Waals surface area (Å²) < 4.78 is 5.91. The van der Waals surface area contributed by atoms with Crippen LogP contribution in [0, 0.1) is 0 Å². The van der Waals surface area contributed by atoms with Crippen LogP contribution in [-0.2, 0) is 14.3 Å². The molecule has 58 heavy (non-hydrogen) atoms. The van der Waals surface area contributed by atoms with Crippen molar-refractivity contribution in [2.24, 2.45) is 0 Å². The van der Waals surface area contributed by atoms with E-state index in [2.05, 4.69) is 62.5 Å². The van der Waals surface area contributed by atoms with Gasteiger partial charge in [0.2, 0.25) is 5.91 Å². The van der Waals surface area contributed by atoms with Crippen molar-refractivity contribution in [3.8, 4) is 0 Å². The number of allylic oxidation sites excluding steroid dienone is 6. The average molecular weight is 816 g/mol. The van der Waals surface area contributed by atoms with Crippen LogP contribution in [0.4, 0.5) is 0 Å². The van der Waals surface area contributed by atoms with Crippen molar-refractivity contribution in [2.75, 3.05) is 6.61 Å². The van der Waals surface area contributed by atoms with E-state index in [1.807, 2.05) is 0 Å². The number of carbonyl (C=O) groups is 2. The van der Waals surface area contributed by atoms with E-state index in [4.69, 9.17) is 4.74 Å². The molecule has 0 aromatic heterocycles. The molecule has 0 aromatic rings. The predicted octanol–water partition coefficient (Wildman–Crippen LogP) is 14.9. The molecule has 0 rings (SSSR count). The van der Waals surface area contributed by atoms with E-state index in [1.54, 1.807) is 0 Å². The number of aliphatic hydroxyl groups excluding tert-OH is 2. The van der Waals surface area contributed by atoms with Crippen molar-refractivity contribution in [3.05, 3.63) is 36.5 Å². The topological polar surface area (TPSA) is 95.9 Å². The number of hydrogen-bond donors (Lipinski definition) is 3. The minimum atomic E-state index is -0.788. The molecule has 0 radical (unpaired) electrons. The van der Waals surface area contributed by atoms with Gasteiger partial charge in [-0.15, -0.1) is 0 Å². The summed E-state index contributed by atoms with van der Waals surface area (Å²) >= 11 is 0. The lowest BCUT2D eigenvalue weighted by Crippen LogP contribution is -2.46. The van der Waals surface area contributed by atoms with Gasteiger partial charge in [-0.25, -0.2) is 0 Å². The molecule has 6 nitrogen and oxygen atoms in total. The predicted molar refractivity (Wildman–Crippen MR) is 250 cm³/mol. The Balaban J connectivity index is 4.57. The summed E-state index contributed by atoms with van der Waals surface area (Å²) in [5.74, 6) is -0.487. The Morgan fingerprint density at radius 1 is 0.500 bits per heavy atom. The lowest BCUT2D eigenvalue weighted by atomic mass is 10.0. The van der Waals surface area contributed by atoms with E-state index in [0.717, 1.165) is 83.5 Å². The van der Waals surface area contributed by atoms with Crippen molar-refractivity contribution < 1.29 is 24.5 Å². The van der Waals surface area contributed by atoms with Crippen LogP contribution in [-0.4, -0.2) is 46.9 Å². The number of rotatable bonds is 45. The van der Waals surface area contributed by atoms with Crippen molar-refractivity contribution in [1.82, 2.24) is 5.32 Å². The number of esters is 1. The zero-order chi connectivity index (χ0) is 42.4. The Morgan fingerprint density at radius 2 is 0.914 bits per heavy atom. The molecule has 3 atom stereocenters. The summed E-state index contributed by atoms with van der Waals surface area (Å²) in [6.45, 7) is 6.40. The Labute approximate surface area is 360 Å². The number of carbonyl (C=O) groups excluding carboxylic acids is 2. The highest BCUT2D eigenvalue weighted by atomic mass is 16.5. The van der Waals surface area contributed by atoms with E-state index < -0.39 is 18.2 Å². The van der Waals surface area contributed by atoms with Gasteiger partial charge in [-0.3, -0.25) is 9.59 Å². The average Bonchev–Trinajstić information content (AvgIpc) is 3.22. The fourth-order valence-electron chi connectivity index (χ4n) is 7.58. The third-order valence-corrected chi connectivity index (χ3v) is 11.4. The molecular formula is C52H97NO5. The fraction of sp³-hybridized carbons (Fsp3) is 0.846. The summed E-state index contributed by atoms with van der Waals surface area (Å²) in [6, 6.07) is -0.702. The van der Waals surface area contributed by atoms with Gasteiger partial charge in [0.25, 0.3) is 0 Å². The molecule has 340 valence electrons. The van der Waals surface area contributed by atoms with E-state index >= 15 is 0 Å². The highest BCUT2D eigenvalue weighted by molar-refractivity contribution is 5.77. The lowest BCUT2D eigenvalue weighted by molar-refractivity contribution is -0.151. The highest BCUT2D eigenvalue weighted by Crippen LogP contribution is 2.18. The maximum absolute atomic E-state index is 13.2. The molecule has 0 saturated carbocycles. The molecule has 0 aliphatic carbocycles. The summed E-state index contributed by atoms with van der Waals surface area (Å²) in [4.78, 5) is 26.1. The number of nitrogens with one attached hydrogen (secondary N) is 1. The minimum absolute atomic E-state index is 0.0707. The second-order valence-electron chi connectivity index (χ2n) is 17.2. The quantitative estimate of drug-likeness (QED) is 0.0323. The standard InChI is InChI=1S/C52H97NO5/c1-4-7-10-13-16-19-22-24-25-26-27-28-29-31-34-37-40-43-48(58-52(57)45-42-39-36-33-21-18-15-12-9-6-3)46-51(56)53-49(47-54)50(55)44-41-38-35-32-30-23-20-17-14-11-8-5-2/h12,15-16,19,24-25,48-50,54-55H,4-11,13-14,17-18,20-23,26-47H2,1-3H3,(H,53,56)/b15-12-,19-16-,25-24-. The number of ether oxygens (including phenoxy) is 1. The Morgan fingerprint density at radius 3 is 1.43 bits per heavy atom. The highest BCUT2D eigenvalue weighted by Gasteiger charge is 2.24. The van der Waals surface area contributed by atoms with Crippen LogP contribution >= 0.6 is 0 Å². The van der Waals surface area contributed by atoms with Crippen LogP contribution in [0.15, 0.2) is 36.5 Å². The van der Waals surface area contributed by atoms with Crippen LogP contribution in [0.5, 0.6) is 0 Å². The van der Waals surface area contributed by atoms with Crippen LogP contribution in [0.1, 0.15) is 258 Å². The molecule has 3 N–H and O–H groups in total. The van der Waals surface area contributed by atoms with Gasteiger partial charge >= 0.3 is 5.97 Å². The first-order chi connectivity index (χ1) is 28.5. The first-order valence-electron chi connectivity index (χ1n) is 25.2. The molecule has 3 unspecified atom stereocenters. The van der Waals surface area contributed by atoms with Gasteiger partial charge in [0.1, 0.15) is 6.10 Å². The van der Waals surface area contributed by atoms with Crippen molar-refractivity contribution in [2.45, 2.75) is 277 Å². The zero-order valence-electron chi connectivity index (χ0n) is 38.7. The second-order valence-corrected chi connectivity index (χ2v) is 17.2. The zero-order valence-corrected chi connectivity index (χ0v) is 38.7. The lowest BCUT2D eigenvalue weighted by Gasteiger charge is -2.24. The van der Waals surface area contributed by atoms with Gasteiger partial charge in [-0.1, -0.05) is 205 Å². The molecule has 1 amide bonds. The smallest absolute Gasteiger partial charge is 0.306 e. The first-order valence-corrected chi connectivity index (χ1v) is 25.2. The monoisotopic (exact) mass is 816 g/mol. The Bertz CT molecular complexity index is 961. The van der Waals surface area contributed by atoms with Crippen molar-refractivity contribution in [1.29, 1.82) is 0 Å². The van der Waals surface area contributed by atoms with Gasteiger partial charge in [-0.05, 0) is 77.0 Å². The Kier molecular flexibility index (Phi) is 44.6. The molecule has 0 bridgehead atoms. The normalized spacial score (nSPS) is 13.5. The van der Waals surface area contributed by atoms with Crippen LogP contribution < -0.4 is 5.32 Å². The SMILES string of the molecule is CCC/C=C\CCCCCCCC(=O)OC(CCCCCCCCC/C=C\C/C=C\CCCCC)CC(=O)NC(CO)C(O)CCCCCCCCCCCCCC. The minimum Gasteiger partial charge on any atom is -0.462 e. The molecule has 0 aliphatic heterocycles. The van der Waals surface area contributed by atoms with Gasteiger partial charge in [0.05, 0.1) is 25.2 Å². The van der Waals surface area contributed by atoms with Crippen LogP contribution in [0.2, 0.25) is 0 Å². The van der Waals surface area contributed by atoms with Gasteiger partial charge < -0.3 is 20.3 Å². The van der Waals surface area contributed by atoms with E-state index in [0.29, 0.717) is 19.3 Å². The third-order valence-electron chi connectivity index (χ3n) is 11.4. The second kappa shape index (κ2) is 46.2. The number of amides is 1. The molecule has 6 heteroatoms. The third kappa shape index (κ3) is 40.8.